The van der Waals surface area contributed by atoms with E-state index in [4.69, 9.17) is 5.11 Å². The highest BCUT2D eigenvalue weighted by atomic mass is 16.4. The molecule has 5 heteroatoms. The standard InChI is InChI=1S/C10H13N3O2/c14-10(15)8-2-5-13(6-3-8)9-1-4-11-12-7-9/h1,4,7-8H,2-3,5-6H2,(H,14,15). The van der Waals surface area contributed by atoms with Gasteiger partial charge in [0.25, 0.3) is 0 Å². The molecule has 0 amide bonds. The molecular weight excluding hydrogens is 194 g/mol. The van der Waals surface area contributed by atoms with Crippen molar-refractivity contribution in [1.29, 1.82) is 0 Å². The highest BCUT2D eigenvalue weighted by molar-refractivity contribution is 5.70. The van der Waals surface area contributed by atoms with Crippen LogP contribution in [0.4, 0.5) is 5.69 Å². The van der Waals surface area contributed by atoms with Crippen LogP contribution in [-0.4, -0.2) is 34.4 Å². The highest BCUT2D eigenvalue weighted by Gasteiger charge is 2.24. The summed E-state index contributed by atoms with van der Waals surface area (Å²) in [6.45, 7) is 1.56. The van der Waals surface area contributed by atoms with Gasteiger partial charge in [0.2, 0.25) is 0 Å². The molecule has 1 saturated heterocycles. The summed E-state index contributed by atoms with van der Waals surface area (Å²) < 4.78 is 0. The minimum Gasteiger partial charge on any atom is -0.481 e. The van der Waals surface area contributed by atoms with Gasteiger partial charge >= 0.3 is 5.97 Å². The fraction of sp³-hybridized carbons (Fsp3) is 0.500. The Morgan fingerprint density at radius 2 is 2.13 bits per heavy atom. The quantitative estimate of drug-likeness (QED) is 0.776. The number of anilines is 1. The second kappa shape index (κ2) is 4.25. The van der Waals surface area contributed by atoms with E-state index in [0.717, 1.165) is 18.8 Å². The lowest BCUT2D eigenvalue weighted by Crippen LogP contribution is -2.36. The van der Waals surface area contributed by atoms with Crippen LogP contribution in [0.2, 0.25) is 0 Å². The minimum absolute atomic E-state index is 0.184. The van der Waals surface area contributed by atoms with Crippen LogP contribution in [0, 0.1) is 5.92 Å². The van der Waals surface area contributed by atoms with Gasteiger partial charge in [-0.25, -0.2) is 0 Å². The molecular formula is C10H13N3O2. The number of rotatable bonds is 2. The molecule has 0 aliphatic carbocycles. The van der Waals surface area contributed by atoms with Gasteiger partial charge < -0.3 is 10.0 Å². The van der Waals surface area contributed by atoms with Gasteiger partial charge in [-0.1, -0.05) is 0 Å². The molecule has 1 aromatic heterocycles. The summed E-state index contributed by atoms with van der Waals surface area (Å²) in [6.07, 6.45) is 4.77. The maximum absolute atomic E-state index is 10.8. The molecule has 1 aromatic rings. The summed E-state index contributed by atoms with van der Waals surface area (Å²) in [7, 11) is 0. The van der Waals surface area contributed by atoms with Gasteiger partial charge in [-0.05, 0) is 18.9 Å². The van der Waals surface area contributed by atoms with Crippen molar-refractivity contribution in [2.24, 2.45) is 5.92 Å². The van der Waals surface area contributed by atoms with Crippen molar-refractivity contribution in [2.75, 3.05) is 18.0 Å². The van der Waals surface area contributed by atoms with Crippen LogP contribution in [-0.2, 0) is 4.79 Å². The molecule has 1 aliphatic heterocycles. The predicted molar refractivity (Wildman–Crippen MR) is 54.6 cm³/mol. The van der Waals surface area contributed by atoms with E-state index in [0.29, 0.717) is 12.8 Å². The Morgan fingerprint density at radius 3 is 2.67 bits per heavy atom. The van der Waals surface area contributed by atoms with Crippen molar-refractivity contribution < 1.29 is 9.90 Å². The predicted octanol–water partition coefficient (Wildman–Crippen LogP) is 0.778. The molecule has 0 saturated carbocycles. The van der Waals surface area contributed by atoms with Crippen LogP contribution in [0.5, 0.6) is 0 Å². The van der Waals surface area contributed by atoms with Gasteiger partial charge in [0.15, 0.2) is 0 Å². The first kappa shape index (κ1) is 9.89. The lowest BCUT2D eigenvalue weighted by Gasteiger charge is -2.31. The third kappa shape index (κ3) is 2.23. The lowest BCUT2D eigenvalue weighted by atomic mass is 9.97. The smallest absolute Gasteiger partial charge is 0.306 e. The number of nitrogens with zero attached hydrogens (tertiary/aromatic N) is 3. The summed E-state index contributed by atoms with van der Waals surface area (Å²) >= 11 is 0. The molecule has 0 radical (unpaired) electrons. The van der Waals surface area contributed by atoms with Gasteiger partial charge in [-0.15, -0.1) is 0 Å². The maximum Gasteiger partial charge on any atom is 0.306 e. The van der Waals surface area contributed by atoms with E-state index in [-0.39, 0.29) is 5.92 Å². The summed E-state index contributed by atoms with van der Waals surface area (Å²) in [6, 6.07) is 1.90. The summed E-state index contributed by atoms with van der Waals surface area (Å²) in [5.74, 6) is -0.862. The van der Waals surface area contributed by atoms with E-state index >= 15 is 0 Å². The Bertz CT molecular complexity index is 334. The third-order valence-electron chi connectivity index (χ3n) is 2.78. The maximum atomic E-state index is 10.8. The Morgan fingerprint density at radius 1 is 1.40 bits per heavy atom. The van der Waals surface area contributed by atoms with Crippen LogP contribution in [0.25, 0.3) is 0 Å². The van der Waals surface area contributed by atoms with Gasteiger partial charge in [0, 0.05) is 13.1 Å². The number of hydrogen-bond donors (Lipinski definition) is 1. The fourth-order valence-electron chi connectivity index (χ4n) is 1.86. The van der Waals surface area contributed by atoms with Crippen molar-refractivity contribution in [3.05, 3.63) is 18.5 Å². The van der Waals surface area contributed by atoms with Crippen molar-refractivity contribution in [2.45, 2.75) is 12.8 Å². The zero-order valence-electron chi connectivity index (χ0n) is 8.33. The first-order valence-electron chi connectivity index (χ1n) is 5.02. The minimum atomic E-state index is -0.678. The first-order valence-corrected chi connectivity index (χ1v) is 5.02. The molecule has 0 aromatic carbocycles. The number of carboxylic acids is 1. The molecule has 0 unspecified atom stereocenters. The van der Waals surface area contributed by atoms with Gasteiger partial charge in [0.1, 0.15) is 0 Å². The van der Waals surface area contributed by atoms with Crippen molar-refractivity contribution in [1.82, 2.24) is 10.2 Å². The zero-order valence-corrected chi connectivity index (χ0v) is 8.33. The topological polar surface area (TPSA) is 66.3 Å². The van der Waals surface area contributed by atoms with E-state index < -0.39 is 5.97 Å². The van der Waals surface area contributed by atoms with Crippen LogP contribution >= 0.6 is 0 Å². The molecule has 0 bridgehead atoms. The molecule has 2 heterocycles. The largest absolute Gasteiger partial charge is 0.481 e. The van der Waals surface area contributed by atoms with E-state index in [1.165, 1.54) is 0 Å². The number of aromatic nitrogens is 2. The number of hydrogen-bond acceptors (Lipinski definition) is 4. The molecule has 15 heavy (non-hydrogen) atoms. The average molecular weight is 207 g/mol. The number of carbonyl (C=O) groups is 1. The van der Waals surface area contributed by atoms with Crippen LogP contribution in [0.15, 0.2) is 18.5 Å². The third-order valence-corrected chi connectivity index (χ3v) is 2.78. The lowest BCUT2D eigenvalue weighted by molar-refractivity contribution is -0.142. The summed E-state index contributed by atoms with van der Waals surface area (Å²) in [5, 5.41) is 16.4. The van der Waals surface area contributed by atoms with Gasteiger partial charge in [-0.2, -0.15) is 10.2 Å². The molecule has 5 nitrogen and oxygen atoms in total. The van der Waals surface area contributed by atoms with Crippen LogP contribution < -0.4 is 4.90 Å². The number of piperidine rings is 1. The molecule has 1 fully saturated rings. The van der Waals surface area contributed by atoms with Crippen LogP contribution in [0.1, 0.15) is 12.8 Å². The number of carboxylic acid groups (broad SMARTS) is 1. The number of aliphatic carboxylic acids is 1. The van der Waals surface area contributed by atoms with Crippen molar-refractivity contribution in [3.8, 4) is 0 Å². The van der Waals surface area contributed by atoms with E-state index in [9.17, 15) is 4.79 Å². The molecule has 80 valence electrons. The average Bonchev–Trinajstić information content (AvgIpc) is 2.30. The molecule has 0 atom stereocenters. The first-order chi connectivity index (χ1) is 7.27. The Balaban J connectivity index is 1.97. The second-order valence-corrected chi connectivity index (χ2v) is 3.70. The second-order valence-electron chi connectivity index (χ2n) is 3.70. The summed E-state index contributed by atoms with van der Waals surface area (Å²) in [4.78, 5) is 12.9. The van der Waals surface area contributed by atoms with Crippen molar-refractivity contribution >= 4 is 11.7 Å². The van der Waals surface area contributed by atoms with E-state index in [2.05, 4.69) is 15.1 Å². The fourth-order valence-corrected chi connectivity index (χ4v) is 1.86. The van der Waals surface area contributed by atoms with Gasteiger partial charge in [-0.3, -0.25) is 4.79 Å². The Hall–Kier alpha value is -1.65. The van der Waals surface area contributed by atoms with E-state index in [1.807, 2.05) is 6.07 Å². The monoisotopic (exact) mass is 207 g/mol. The normalized spacial score (nSPS) is 17.7. The SMILES string of the molecule is O=C(O)C1CCN(c2ccnnc2)CC1. The molecule has 2 rings (SSSR count). The highest BCUT2D eigenvalue weighted by Crippen LogP contribution is 2.21. The molecule has 1 aliphatic rings. The van der Waals surface area contributed by atoms with Gasteiger partial charge in [0.05, 0.1) is 24.0 Å². The van der Waals surface area contributed by atoms with Crippen LogP contribution in [0.3, 0.4) is 0 Å². The van der Waals surface area contributed by atoms with Crippen molar-refractivity contribution in [3.63, 3.8) is 0 Å². The molecule has 1 N–H and O–H groups in total. The zero-order chi connectivity index (χ0) is 10.7. The van der Waals surface area contributed by atoms with E-state index in [1.54, 1.807) is 12.4 Å². The Labute approximate surface area is 87.7 Å². The summed E-state index contributed by atoms with van der Waals surface area (Å²) in [5.41, 5.74) is 1.02. The Kier molecular flexibility index (Phi) is 2.80. The molecule has 0 spiro atoms.